The van der Waals surface area contributed by atoms with E-state index in [1.165, 1.54) is 16.9 Å². The minimum Gasteiger partial charge on any atom is -0.497 e. The lowest BCUT2D eigenvalue weighted by atomic mass is 9.92. The number of nitrogens with one attached hydrogen (secondary N) is 2. The van der Waals surface area contributed by atoms with Crippen LogP contribution in [-0.4, -0.2) is 66.1 Å². The summed E-state index contributed by atoms with van der Waals surface area (Å²) in [5.74, 6) is -0.200. The lowest BCUT2D eigenvalue weighted by molar-refractivity contribution is -0.128. The first-order chi connectivity index (χ1) is 16.9. The van der Waals surface area contributed by atoms with Gasteiger partial charge in [-0.25, -0.2) is 4.79 Å². The van der Waals surface area contributed by atoms with E-state index in [1.807, 2.05) is 0 Å². The Bertz CT molecular complexity index is 1070. The van der Waals surface area contributed by atoms with E-state index in [-0.39, 0.29) is 37.0 Å². The fourth-order valence-electron chi connectivity index (χ4n) is 4.53. The molecule has 0 spiro atoms. The minimum absolute atomic E-state index is 0.0437. The quantitative estimate of drug-likeness (QED) is 0.584. The molecule has 0 radical (unpaired) electrons. The SMILES string of the molecule is COc1cccc(C(=O)N2CCN(C(=O)Nc3ccc(Cl)cc3)C2C(=O)NC2CCC(N)CC2)c1. The summed E-state index contributed by atoms with van der Waals surface area (Å²) >= 11 is 5.94. The molecule has 1 aliphatic heterocycles. The van der Waals surface area contributed by atoms with E-state index in [0.29, 0.717) is 22.0 Å². The molecule has 4 N–H and O–H groups in total. The van der Waals surface area contributed by atoms with Crippen LogP contribution in [0.1, 0.15) is 36.0 Å². The molecule has 2 fully saturated rings. The van der Waals surface area contributed by atoms with Crippen molar-refractivity contribution in [2.24, 2.45) is 5.73 Å². The van der Waals surface area contributed by atoms with Gasteiger partial charge in [0.25, 0.3) is 11.8 Å². The van der Waals surface area contributed by atoms with Crippen molar-refractivity contribution in [2.45, 2.75) is 43.9 Å². The summed E-state index contributed by atoms with van der Waals surface area (Å²) in [5, 5.41) is 6.39. The maximum Gasteiger partial charge on any atom is 0.323 e. The lowest BCUT2D eigenvalue weighted by Crippen LogP contribution is -2.56. The highest BCUT2D eigenvalue weighted by Gasteiger charge is 2.43. The predicted molar refractivity (Wildman–Crippen MR) is 133 cm³/mol. The summed E-state index contributed by atoms with van der Waals surface area (Å²) in [6.45, 7) is 0.431. The van der Waals surface area contributed by atoms with Gasteiger partial charge in [0.2, 0.25) is 0 Å². The monoisotopic (exact) mass is 499 g/mol. The van der Waals surface area contributed by atoms with Gasteiger partial charge >= 0.3 is 6.03 Å². The summed E-state index contributed by atoms with van der Waals surface area (Å²) in [6.07, 6.45) is 2.09. The number of urea groups is 1. The van der Waals surface area contributed by atoms with Crippen molar-refractivity contribution in [2.75, 3.05) is 25.5 Å². The van der Waals surface area contributed by atoms with Gasteiger partial charge < -0.3 is 26.0 Å². The molecule has 4 rings (SSSR count). The predicted octanol–water partition coefficient (Wildman–Crippen LogP) is 3.05. The first-order valence-electron chi connectivity index (χ1n) is 11.7. The number of methoxy groups -OCH3 is 1. The molecule has 186 valence electrons. The Morgan fingerprint density at radius 2 is 1.69 bits per heavy atom. The lowest BCUT2D eigenvalue weighted by Gasteiger charge is -2.32. The molecule has 0 bridgehead atoms. The Morgan fingerprint density at radius 3 is 2.37 bits per heavy atom. The highest BCUT2D eigenvalue weighted by molar-refractivity contribution is 6.30. The van der Waals surface area contributed by atoms with E-state index in [9.17, 15) is 14.4 Å². The van der Waals surface area contributed by atoms with Crippen LogP contribution < -0.4 is 21.1 Å². The summed E-state index contributed by atoms with van der Waals surface area (Å²) in [5.41, 5.74) is 6.92. The van der Waals surface area contributed by atoms with Crippen LogP contribution >= 0.6 is 11.6 Å². The number of hydrogen-bond donors (Lipinski definition) is 3. The second-order valence-corrected chi connectivity index (χ2v) is 9.29. The molecule has 2 aromatic carbocycles. The van der Waals surface area contributed by atoms with Gasteiger partial charge in [-0.3, -0.25) is 14.5 Å². The number of carbonyl (C=O) groups excluding carboxylic acids is 3. The van der Waals surface area contributed by atoms with Crippen molar-refractivity contribution in [3.63, 3.8) is 0 Å². The van der Waals surface area contributed by atoms with Crippen LogP contribution in [0.25, 0.3) is 0 Å². The fraction of sp³-hybridized carbons (Fsp3) is 0.400. The van der Waals surface area contributed by atoms with Gasteiger partial charge in [-0.05, 0) is 68.1 Å². The van der Waals surface area contributed by atoms with Crippen LogP contribution in [0.5, 0.6) is 5.75 Å². The van der Waals surface area contributed by atoms with E-state index in [0.717, 1.165) is 25.7 Å². The maximum atomic E-state index is 13.5. The average molecular weight is 500 g/mol. The molecule has 4 amide bonds. The van der Waals surface area contributed by atoms with Crippen molar-refractivity contribution in [1.82, 2.24) is 15.1 Å². The molecular formula is C25H30ClN5O4. The fourth-order valence-corrected chi connectivity index (χ4v) is 4.65. The highest BCUT2D eigenvalue weighted by Crippen LogP contribution is 2.24. The van der Waals surface area contributed by atoms with Crippen molar-refractivity contribution in [3.05, 3.63) is 59.1 Å². The van der Waals surface area contributed by atoms with Crippen LogP contribution in [0.2, 0.25) is 5.02 Å². The first kappa shape index (κ1) is 24.8. The van der Waals surface area contributed by atoms with E-state index in [2.05, 4.69) is 10.6 Å². The van der Waals surface area contributed by atoms with E-state index >= 15 is 0 Å². The van der Waals surface area contributed by atoms with Gasteiger partial charge in [0.1, 0.15) is 5.75 Å². The largest absolute Gasteiger partial charge is 0.497 e. The number of carbonyl (C=O) groups is 3. The number of nitrogens with zero attached hydrogens (tertiary/aromatic N) is 2. The van der Waals surface area contributed by atoms with Crippen LogP contribution in [0, 0.1) is 0 Å². The van der Waals surface area contributed by atoms with Gasteiger partial charge in [-0.15, -0.1) is 0 Å². The molecule has 2 aromatic rings. The number of hydrogen-bond acceptors (Lipinski definition) is 5. The van der Waals surface area contributed by atoms with Gasteiger partial charge in [-0.2, -0.15) is 0 Å². The maximum absolute atomic E-state index is 13.5. The summed E-state index contributed by atoms with van der Waals surface area (Å²) in [4.78, 5) is 42.9. The number of anilines is 1. The number of rotatable bonds is 5. The van der Waals surface area contributed by atoms with E-state index < -0.39 is 12.2 Å². The van der Waals surface area contributed by atoms with Crippen LogP contribution in [-0.2, 0) is 4.79 Å². The molecule has 9 nitrogen and oxygen atoms in total. The van der Waals surface area contributed by atoms with Crippen molar-refractivity contribution < 1.29 is 19.1 Å². The summed E-state index contributed by atoms with van der Waals surface area (Å²) in [7, 11) is 1.52. The second-order valence-electron chi connectivity index (χ2n) is 8.85. The molecule has 1 saturated carbocycles. The van der Waals surface area contributed by atoms with Crippen molar-refractivity contribution in [3.8, 4) is 5.75 Å². The summed E-state index contributed by atoms with van der Waals surface area (Å²) < 4.78 is 5.24. The zero-order valence-electron chi connectivity index (χ0n) is 19.6. The number of halogens is 1. The Morgan fingerprint density at radius 1 is 1.00 bits per heavy atom. The first-order valence-corrected chi connectivity index (χ1v) is 12.1. The average Bonchev–Trinajstić information content (AvgIpc) is 3.32. The van der Waals surface area contributed by atoms with Crippen molar-refractivity contribution in [1.29, 1.82) is 0 Å². The second kappa shape index (κ2) is 11.0. The zero-order chi connectivity index (χ0) is 24.9. The van der Waals surface area contributed by atoms with E-state index in [1.54, 1.807) is 48.5 Å². The van der Waals surface area contributed by atoms with Gasteiger partial charge in [-0.1, -0.05) is 17.7 Å². The third-order valence-electron chi connectivity index (χ3n) is 6.46. The standard InChI is InChI=1S/C25H30ClN5O4/c1-35-21-4-2-3-16(15-21)24(33)30-13-14-31(25(34)29-20-9-5-17(26)6-10-20)23(30)22(32)28-19-11-7-18(27)8-12-19/h2-6,9-10,15,18-19,23H,7-8,11-14,27H2,1H3,(H,28,32)(H,29,34). The highest BCUT2D eigenvalue weighted by atomic mass is 35.5. The number of nitrogens with two attached hydrogens (primary N) is 1. The molecule has 0 aromatic heterocycles. The van der Waals surface area contributed by atoms with Crippen LogP contribution in [0.15, 0.2) is 48.5 Å². The molecule has 10 heteroatoms. The molecule has 1 heterocycles. The zero-order valence-corrected chi connectivity index (χ0v) is 20.3. The minimum atomic E-state index is -1.09. The molecular weight excluding hydrogens is 470 g/mol. The van der Waals surface area contributed by atoms with Gasteiger partial charge in [0.05, 0.1) is 7.11 Å². The molecule has 1 aliphatic carbocycles. The molecule has 2 aliphatic rings. The normalized spacial score (nSPS) is 22.0. The van der Waals surface area contributed by atoms with Gasteiger partial charge in [0.15, 0.2) is 6.17 Å². The van der Waals surface area contributed by atoms with Crippen molar-refractivity contribution >= 4 is 35.1 Å². The van der Waals surface area contributed by atoms with Crippen LogP contribution in [0.3, 0.4) is 0 Å². The molecule has 1 saturated heterocycles. The summed E-state index contributed by atoms with van der Waals surface area (Å²) in [6, 6.07) is 13.0. The smallest absolute Gasteiger partial charge is 0.323 e. The third-order valence-corrected chi connectivity index (χ3v) is 6.71. The molecule has 35 heavy (non-hydrogen) atoms. The Balaban J connectivity index is 1.56. The number of benzene rings is 2. The molecule has 1 unspecified atom stereocenters. The third kappa shape index (κ3) is 5.86. The Hall–Kier alpha value is -3.30. The Labute approximate surface area is 209 Å². The number of ether oxygens (including phenoxy) is 1. The van der Waals surface area contributed by atoms with E-state index in [4.69, 9.17) is 22.1 Å². The van der Waals surface area contributed by atoms with Crippen LogP contribution in [0.4, 0.5) is 10.5 Å². The molecule has 1 atom stereocenters. The van der Waals surface area contributed by atoms with Gasteiger partial charge in [0, 0.05) is 41.4 Å². The number of amides is 4. The topological polar surface area (TPSA) is 117 Å². The Kier molecular flexibility index (Phi) is 7.77.